The van der Waals surface area contributed by atoms with Crippen LogP contribution in [-0.4, -0.2) is 39.2 Å². The highest BCUT2D eigenvalue weighted by atomic mass is 32.2. The average Bonchev–Trinajstić information content (AvgIpc) is 3.41. The maximum atomic E-state index is 12.5. The molecule has 0 aliphatic carbocycles. The Hall–Kier alpha value is -3.31. The summed E-state index contributed by atoms with van der Waals surface area (Å²) < 4.78 is 0. The van der Waals surface area contributed by atoms with Crippen LogP contribution in [0, 0.1) is 17.0 Å². The normalized spacial score (nSPS) is 15.6. The van der Waals surface area contributed by atoms with E-state index in [1.165, 1.54) is 35.2 Å². The molecule has 1 N–H and O–H groups in total. The lowest BCUT2D eigenvalue weighted by atomic mass is 10.1. The Kier molecular flexibility index (Phi) is 6.99. The van der Waals surface area contributed by atoms with Crippen molar-refractivity contribution in [2.45, 2.75) is 25.0 Å². The third-order valence-corrected chi connectivity index (χ3v) is 7.16. The van der Waals surface area contributed by atoms with Crippen molar-refractivity contribution < 1.29 is 14.5 Å². The summed E-state index contributed by atoms with van der Waals surface area (Å²) in [6.45, 7) is 2.54. The number of anilines is 2. The molecule has 1 aliphatic heterocycles. The minimum absolute atomic E-state index is 0.0412. The van der Waals surface area contributed by atoms with Crippen LogP contribution in [0.4, 0.5) is 16.5 Å². The first-order valence-electron chi connectivity index (χ1n) is 10.2. The lowest BCUT2D eigenvalue weighted by molar-refractivity contribution is -0.384. The van der Waals surface area contributed by atoms with E-state index >= 15 is 0 Å². The number of non-ortho nitro benzene ring substituents is 1. The molecular formula is C22H21N5O4S2. The summed E-state index contributed by atoms with van der Waals surface area (Å²) in [6, 6.07) is 14.1. The van der Waals surface area contributed by atoms with Crippen LogP contribution in [-0.2, 0) is 15.3 Å². The first-order valence-corrected chi connectivity index (χ1v) is 12.2. The van der Waals surface area contributed by atoms with Crippen LogP contribution in [0.2, 0.25) is 0 Å². The molecule has 33 heavy (non-hydrogen) atoms. The van der Waals surface area contributed by atoms with Crippen LogP contribution in [0.3, 0.4) is 0 Å². The largest absolute Gasteiger partial charge is 0.312 e. The Morgan fingerprint density at radius 1 is 1.21 bits per heavy atom. The zero-order valence-electron chi connectivity index (χ0n) is 17.8. The van der Waals surface area contributed by atoms with Crippen molar-refractivity contribution in [3.05, 3.63) is 74.8 Å². The highest BCUT2D eigenvalue weighted by molar-refractivity contribution is 7.99. The van der Waals surface area contributed by atoms with Crippen LogP contribution in [0.25, 0.3) is 0 Å². The second-order valence-electron chi connectivity index (χ2n) is 7.65. The van der Waals surface area contributed by atoms with E-state index in [0.717, 1.165) is 21.8 Å². The maximum absolute atomic E-state index is 12.5. The number of nitrogens with one attached hydrogen (secondary N) is 1. The second-order valence-corrected chi connectivity index (χ2v) is 9.65. The number of carbonyl (C=O) groups is 2. The van der Waals surface area contributed by atoms with Gasteiger partial charge in [-0.25, -0.2) is 0 Å². The summed E-state index contributed by atoms with van der Waals surface area (Å²) in [5, 5.41) is 22.8. The summed E-state index contributed by atoms with van der Waals surface area (Å²) in [6.07, 6.45) is 0.363. The monoisotopic (exact) mass is 483 g/mol. The summed E-state index contributed by atoms with van der Waals surface area (Å²) in [5.41, 5.74) is 2.95. The van der Waals surface area contributed by atoms with Crippen molar-refractivity contribution in [1.29, 1.82) is 0 Å². The number of thioether (sulfide) groups is 1. The molecule has 2 amide bonds. The van der Waals surface area contributed by atoms with Crippen molar-refractivity contribution in [3.8, 4) is 0 Å². The first kappa shape index (κ1) is 22.9. The standard InChI is InChI=1S/C22H21N5O4S2/c1-14-2-6-17(7-3-14)26-11-16(10-20(26)29)21-24-25-22(33-21)23-19(28)13-32-12-15-4-8-18(9-5-15)27(30)31/h2-9,16H,10-13H2,1H3,(H,23,25,28). The van der Waals surface area contributed by atoms with Gasteiger partial charge >= 0.3 is 0 Å². The predicted octanol–water partition coefficient (Wildman–Crippen LogP) is 4.15. The predicted molar refractivity (Wildman–Crippen MR) is 129 cm³/mol. The van der Waals surface area contributed by atoms with Gasteiger partial charge in [0.25, 0.3) is 5.69 Å². The van der Waals surface area contributed by atoms with Crippen LogP contribution < -0.4 is 10.2 Å². The van der Waals surface area contributed by atoms with Crippen LogP contribution >= 0.6 is 23.1 Å². The van der Waals surface area contributed by atoms with Gasteiger partial charge in [0, 0.05) is 42.5 Å². The minimum atomic E-state index is -0.442. The molecule has 170 valence electrons. The maximum Gasteiger partial charge on any atom is 0.269 e. The van der Waals surface area contributed by atoms with Crippen molar-refractivity contribution in [2.75, 3.05) is 22.5 Å². The number of nitro benzene ring substituents is 1. The summed E-state index contributed by atoms with van der Waals surface area (Å²) in [5.74, 6) is 0.569. The van der Waals surface area contributed by atoms with E-state index in [1.54, 1.807) is 17.0 Å². The van der Waals surface area contributed by atoms with Gasteiger partial charge in [-0.2, -0.15) is 0 Å². The molecule has 2 aromatic carbocycles. The van der Waals surface area contributed by atoms with E-state index in [2.05, 4.69) is 15.5 Å². The van der Waals surface area contributed by atoms with Crippen LogP contribution in [0.5, 0.6) is 0 Å². The Bertz CT molecular complexity index is 1160. The molecule has 1 fully saturated rings. The Labute approximate surface area is 198 Å². The number of aromatic nitrogens is 2. The fourth-order valence-corrected chi connectivity index (χ4v) is 5.07. The highest BCUT2D eigenvalue weighted by Crippen LogP contribution is 2.34. The number of nitrogens with zero attached hydrogens (tertiary/aromatic N) is 4. The van der Waals surface area contributed by atoms with E-state index in [9.17, 15) is 19.7 Å². The molecule has 4 rings (SSSR count). The molecule has 1 aliphatic rings. The van der Waals surface area contributed by atoms with E-state index in [-0.39, 0.29) is 29.2 Å². The van der Waals surface area contributed by atoms with Gasteiger partial charge in [0.1, 0.15) is 5.01 Å². The number of benzene rings is 2. The van der Waals surface area contributed by atoms with Gasteiger partial charge in [-0.05, 0) is 24.6 Å². The summed E-state index contributed by atoms with van der Waals surface area (Å²) in [4.78, 5) is 36.8. The molecule has 0 spiro atoms. The molecule has 1 aromatic heterocycles. The molecule has 11 heteroatoms. The minimum Gasteiger partial charge on any atom is -0.312 e. The van der Waals surface area contributed by atoms with Crippen LogP contribution in [0.1, 0.15) is 28.5 Å². The van der Waals surface area contributed by atoms with Crippen molar-refractivity contribution in [3.63, 3.8) is 0 Å². The molecular weight excluding hydrogens is 462 g/mol. The molecule has 9 nitrogen and oxygen atoms in total. The SMILES string of the molecule is Cc1ccc(N2CC(c3nnc(NC(=O)CSCc4ccc([N+](=O)[O-])cc4)s3)CC2=O)cc1. The lowest BCUT2D eigenvalue weighted by Crippen LogP contribution is -2.24. The van der Waals surface area contributed by atoms with Gasteiger partial charge in [-0.1, -0.05) is 41.2 Å². The fraction of sp³-hybridized carbons (Fsp3) is 0.273. The number of aryl methyl sites for hydroxylation is 1. The summed E-state index contributed by atoms with van der Waals surface area (Å²) in [7, 11) is 0. The quantitative estimate of drug-likeness (QED) is 0.378. The number of hydrogen-bond donors (Lipinski definition) is 1. The summed E-state index contributed by atoms with van der Waals surface area (Å²) >= 11 is 2.69. The van der Waals surface area contributed by atoms with Gasteiger partial charge < -0.3 is 4.90 Å². The zero-order chi connectivity index (χ0) is 23.4. The van der Waals surface area contributed by atoms with Crippen molar-refractivity contribution in [2.24, 2.45) is 0 Å². The number of amides is 2. The Morgan fingerprint density at radius 2 is 1.94 bits per heavy atom. The van der Waals surface area contributed by atoms with Crippen molar-refractivity contribution in [1.82, 2.24) is 10.2 Å². The average molecular weight is 484 g/mol. The van der Waals surface area contributed by atoms with Gasteiger partial charge in [-0.3, -0.25) is 25.0 Å². The topological polar surface area (TPSA) is 118 Å². The Balaban J connectivity index is 1.27. The second kappa shape index (κ2) is 10.1. The number of hydrogen-bond acceptors (Lipinski definition) is 8. The van der Waals surface area contributed by atoms with E-state index < -0.39 is 4.92 Å². The van der Waals surface area contributed by atoms with Gasteiger partial charge in [0.15, 0.2) is 0 Å². The molecule has 1 saturated heterocycles. The third kappa shape index (κ3) is 5.74. The van der Waals surface area contributed by atoms with E-state index in [1.807, 2.05) is 31.2 Å². The van der Waals surface area contributed by atoms with Gasteiger partial charge in [-0.15, -0.1) is 22.0 Å². The number of carbonyl (C=O) groups excluding carboxylic acids is 2. The third-order valence-electron chi connectivity index (χ3n) is 5.16. The fourth-order valence-electron chi connectivity index (χ4n) is 3.43. The van der Waals surface area contributed by atoms with Crippen LogP contribution in [0.15, 0.2) is 48.5 Å². The molecule has 3 aromatic rings. The lowest BCUT2D eigenvalue weighted by Gasteiger charge is -2.16. The van der Waals surface area contributed by atoms with Gasteiger partial charge in [0.05, 0.1) is 10.7 Å². The number of rotatable bonds is 8. The molecule has 1 unspecified atom stereocenters. The van der Waals surface area contributed by atoms with E-state index in [0.29, 0.717) is 23.8 Å². The molecule has 0 saturated carbocycles. The highest BCUT2D eigenvalue weighted by Gasteiger charge is 2.33. The Morgan fingerprint density at radius 3 is 2.64 bits per heavy atom. The smallest absolute Gasteiger partial charge is 0.269 e. The number of nitro groups is 1. The van der Waals surface area contributed by atoms with Gasteiger partial charge in [0.2, 0.25) is 16.9 Å². The first-order chi connectivity index (χ1) is 15.9. The zero-order valence-corrected chi connectivity index (χ0v) is 19.4. The molecule has 2 heterocycles. The molecule has 0 bridgehead atoms. The molecule has 1 atom stereocenters. The van der Waals surface area contributed by atoms with Crippen molar-refractivity contribution >= 4 is 51.4 Å². The van der Waals surface area contributed by atoms with E-state index in [4.69, 9.17) is 0 Å². The molecule has 0 radical (unpaired) electrons.